The standard InChI is InChI=1S/C14H18N2OS.ClH/c15-12(9-5-6-9)7-16-14(17)11-8-18-13-4-2-1-3-10(11)13;/h1-4,9,11-12H,5-8,15H2,(H,16,17);1H. The van der Waals surface area contributed by atoms with Crippen LogP contribution in [0, 0.1) is 5.92 Å². The molecule has 19 heavy (non-hydrogen) atoms. The van der Waals surface area contributed by atoms with Gasteiger partial charge in [-0.25, -0.2) is 0 Å². The van der Waals surface area contributed by atoms with Crippen molar-refractivity contribution in [2.75, 3.05) is 12.3 Å². The second-order valence-corrected chi connectivity index (χ2v) is 6.21. The zero-order valence-corrected chi connectivity index (χ0v) is 12.3. The molecule has 0 radical (unpaired) electrons. The monoisotopic (exact) mass is 298 g/mol. The molecule has 2 unspecified atom stereocenters. The molecule has 1 fully saturated rings. The highest BCUT2D eigenvalue weighted by molar-refractivity contribution is 7.99. The molecule has 1 heterocycles. The minimum absolute atomic E-state index is 0. The Morgan fingerprint density at radius 3 is 2.89 bits per heavy atom. The molecule has 2 atom stereocenters. The lowest BCUT2D eigenvalue weighted by molar-refractivity contribution is -0.122. The molecular weight excluding hydrogens is 280 g/mol. The fraction of sp³-hybridized carbons (Fsp3) is 0.500. The smallest absolute Gasteiger partial charge is 0.228 e. The molecule has 0 bridgehead atoms. The average molecular weight is 299 g/mol. The molecule has 1 aliphatic heterocycles. The van der Waals surface area contributed by atoms with Gasteiger partial charge in [-0.2, -0.15) is 0 Å². The number of nitrogens with one attached hydrogen (secondary N) is 1. The normalized spacial score (nSPS) is 22.3. The van der Waals surface area contributed by atoms with Gasteiger partial charge < -0.3 is 11.1 Å². The van der Waals surface area contributed by atoms with Crippen LogP contribution in [-0.4, -0.2) is 24.2 Å². The molecule has 0 saturated heterocycles. The molecule has 1 saturated carbocycles. The first-order chi connectivity index (χ1) is 8.75. The highest BCUT2D eigenvalue weighted by Gasteiger charge is 2.31. The maximum Gasteiger partial charge on any atom is 0.228 e. The van der Waals surface area contributed by atoms with Gasteiger partial charge in [0.25, 0.3) is 0 Å². The molecule has 3 nitrogen and oxygen atoms in total. The Balaban J connectivity index is 0.00000133. The molecule has 0 aromatic heterocycles. The first-order valence-corrected chi connectivity index (χ1v) is 7.49. The number of thioether (sulfide) groups is 1. The van der Waals surface area contributed by atoms with Crippen LogP contribution in [0.1, 0.15) is 24.3 Å². The Morgan fingerprint density at radius 2 is 2.16 bits per heavy atom. The maximum atomic E-state index is 12.2. The summed E-state index contributed by atoms with van der Waals surface area (Å²) in [5.74, 6) is 1.61. The zero-order valence-electron chi connectivity index (χ0n) is 10.7. The van der Waals surface area contributed by atoms with Crippen LogP contribution < -0.4 is 11.1 Å². The van der Waals surface area contributed by atoms with E-state index in [1.807, 2.05) is 12.1 Å². The fourth-order valence-electron chi connectivity index (χ4n) is 2.41. The number of benzene rings is 1. The summed E-state index contributed by atoms with van der Waals surface area (Å²) in [4.78, 5) is 13.4. The summed E-state index contributed by atoms with van der Waals surface area (Å²) in [6.07, 6.45) is 2.44. The number of carbonyl (C=O) groups is 1. The van der Waals surface area contributed by atoms with Crippen molar-refractivity contribution in [3.8, 4) is 0 Å². The van der Waals surface area contributed by atoms with Gasteiger partial charge in [-0.05, 0) is 30.4 Å². The van der Waals surface area contributed by atoms with Crippen LogP contribution in [0.5, 0.6) is 0 Å². The van der Waals surface area contributed by atoms with E-state index in [2.05, 4.69) is 17.4 Å². The Kier molecular flexibility index (Phi) is 4.76. The van der Waals surface area contributed by atoms with Crippen molar-refractivity contribution < 1.29 is 4.79 Å². The van der Waals surface area contributed by atoms with E-state index in [1.54, 1.807) is 11.8 Å². The van der Waals surface area contributed by atoms with Crippen LogP contribution in [-0.2, 0) is 4.79 Å². The summed E-state index contributed by atoms with van der Waals surface area (Å²) in [7, 11) is 0. The van der Waals surface area contributed by atoms with E-state index < -0.39 is 0 Å². The number of carbonyl (C=O) groups excluding carboxylic acids is 1. The molecule has 0 spiro atoms. The summed E-state index contributed by atoms with van der Waals surface area (Å²) in [6.45, 7) is 0.618. The minimum Gasteiger partial charge on any atom is -0.354 e. The van der Waals surface area contributed by atoms with E-state index in [0.29, 0.717) is 12.5 Å². The van der Waals surface area contributed by atoms with Gasteiger partial charge in [0.1, 0.15) is 0 Å². The Hall–Kier alpha value is -0.710. The first-order valence-electron chi connectivity index (χ1n) is 6.50. The number of hydrogen-bond acceptors (Lipinski definition) is 3. The summed E-state index contributed by atoms with van der Waals surface area (Å²) >= 11 is 1.77. The van der Waals surface area contributed by atoms with Gasteiger partial charge in [0.2, 0.25) is 5.91 Å². The molecular formula is C14H19ClN2OS. The van der Waals surface area contributed by atoms with E-state index >= 15 is 0 Å². The van der Waals surface area contributed by atoms with Crippen LogP contribution in [0.2, 0.25) is 0 Å². The quantitative estimate of drug-likeness (QED) is 0.895. The van der Waals surface area contributed by atoms with Crippen molar-refractivity contribution in [3.05, 3.63) is 29.8 Å². The SMILES string of the molecule is Cl.NC(CNC(=O)C1CSc2ccccc21)C1CC1. The molecule has 2 aliphatic rings. The number of rotatable bonds is 4. The third kappa shape index (κ3) is 3.25. The maximum absolute atomic E-state index is 12.2. The lowest BCUT2D eigenvalue weighted by Crippen LogP contribution is -2.40. The third-order valence-corrected chi connectivity index (χ3v) is 4.94. The molecule has 1 amide bonds. The molecule has 5 heteroatoms. The first kappa shape index (κ1) is 14.7. The van der Waals surface area contributed by atoms with Crippen LogP contribution >= 0.6 is 24.2 Å². The third-order valence-electron chi connectivity index (χ3n) is 3.76. The highest BCUT2D eigenvalue weighted by Crippen LogP contribution is 2.39. The molecule has 1 aromatic rings. The Labute approximate surface area is 124 Å². The van der Waals surface area contributed by atoms with E-state index in [-0.39, 0.29) is 30.3 Å². The van der Waals surface area contributed by atoms with Crippen molar-refractivity contribution in [2.24, 2.45) is 11.7 Å². The number of halogens is 1. The lowest BCUT2D eigenvalue weighted by atomic mass is 10.0. The lowest BCUT2D eigenvalue weighted by Gasteiger charge is -2.15. The predicted octanol–water partition coefficient (Wildman–Crippen LogP) is 2.15. The molecule has 1 aromatic carbocycles. The number of amides is 1. The number of hydrogen-bond donors (Lipinski definition) is 2. The van der Waals surface area contributed by atoms with E-state index in [1.165, 1.54) is 23.3 Å². The largest absolute Gasteiger partial charge is 0.354 e. The van der Waals surface area contributed by atoms with Crippen LogP contribution in [0.15, 0.2) is 29.2 Å². The van der Waals surface area contributed by atoms with E-state index in [9.17, 15) is 4.79 Å². The van der Waals surface area contributed by atoms with Gasteiger partial charge in [0.05, 0.1) is 5.92 Å². The van der Waals surface area contributed by atoms with Crippen molar-refractivity contribution in [2.45, 2.75) is 29.7 Å². The second-order valence-electron chi connectivity index (χ2n) is 5.15. The van der Waals surface area contributed by atoms with Crippen molar-refractivity contribution in [1.82, 2.24) is 5.32 Å². The van der Waals surface area contributed by atoms with Crippen molar-refractivity contribution in [1.29, 1.82) is 0 Å². The van der Waals surface area contributed by atoms with Crippen LogP contribution in [0.25, 0.3) is 0 Å². The number of nitrogens with two attached hydrogens (primary N) is 1. The zero-order chi connectivity index (χ0) is 12.5. The Bertz CT molecular complexity index is 465. The molecule has 3 rings (SSSR count). The minimum atomic E-state index is -0.00222. The van der Waals surface area contributed by atoms with Gasteiger partial charge in [-0.15, -0.1) is 24.2 Å². The van der Waals surface area contributed by atoms with Gasteiger partial charge in [0, 0.05) is 23.2 Å². The van der Waals surface area contributed by atoms with Crippen molar-refractivity contribution in [3.63, 3.8) is 0 Å². The summed E-state index contributed by atoms with van der Waals surface area (Å²) in [5, 5.41) is 3.01. The summed E-state index contributed by atoms with van der Waals surface area (Å²) < 4.78 is 0. The van der Waals surface area contributed by atoms with Gasteiger partial charge >= 0.3 is 0 Å². The predicted molar refractivity (Wildman–Crippen MR) is 80.9 cm³/mol. The van der Waals surface area contributed by atoms with Gasteiger partial charge in [-0.1, -0.05) is 18.2 Å². The highest BCUT2D eigenvalue weighted by atomic mass is 35.5. The van der Waals surface area contributed by atoms with E-state index in [0.717, 1.165) is 5.75 Å². The van der Waals surface area contributed by atoms with Crippen LogP contribution in [0.3, 0.4) is 0 Å². The summed E-state index contributed by atoms with van der Waals surface area (Å²) in [5.41, 5.74) is 7.17. The van der Waals surface area contributed by atoms with Crippen LogP contribution in [0.4, 0.5) is 0 Å². The van der Waals surface area contributed by atoms with Crippen molar-refractivity contribution >= 4 is 30.1 Å². The van der Waals surface area contributed by atoms with Gasteiger partial charge in [-0.3, -0.25) is 4.79 Å². The molecule has 1 aliphatic carbocycles. The molecule has 3 N–H and O–H groups in total. The Morgan fingerprint density at radius 1 is 1.42 bits per heavy atom. The van der Waals surface area contributed by atoms with E-state index in [4.69, 9.17) is 5.73 Å². The number of fused-ring (bicyclic) bond motifs is 1. The molecule has 104 valence electrons. The topological polar surface area (TPSA) is 55.1 Å². The fourth-order valence-corrected chi connectivity index (χ4v) is 3.64. The van der Waals surface area contributed by atoms with Gasteiger partial charge in [0.15, 0.2) is 0 Å². The average Bonchev–Trinajstić information content (AvgIpc) is 3.15. The second kappa shape index (κ2) is 6.16. The summed E-state index contributed by atoms with van der Waals surface area (Å²) in [6, 6.07) is 8.30.